The number of ether oxygens (including phenoxy) is 1. The SMILES string of the molecule is CC(NCCCOc1cccc2cccnc12)c1cccc(CO)c1. The van der Waals surface area contributed by atoms with Gasteiger partial charge in [-0.2, -0.15) is 0 Å². The van der Waals surface area contributed by atoms with Crippen LogP contribution in [-0.4, -0.2) is 23.2 Å². The van der Waals surface area contributed by atoms with E-state index < -0.39 is 0 Å². The van der Waals surface area contributed by atoms with Crippen molar-refractivity contribution < 1.29 is 9.84 Å². The van der Waals surface area contributed by atoms with Crippen LogP contribution in [0.4, 0.5) is 0 Å². The Labute approximate surface area is 148 Å². The summed E-state index contributed by atoms with van der Waals surface area (Å²) in [4.78, 5) is 4.40. The Balaban J connectivity index is 1.47. The molecule has 25 heavy (non-hydrogen) atoms. The molecule has 4 heteroatoms. The van der Waals surface area contributed by atoms with Gasteiger partial charge in [0.05, 0.1) is 13.2 Å². The average Bonchev–Trinajstić information content (AvgIpc) is 2.67. The summed E-state index contributed by atoms with van der Waals surface area (Å²) in [6, 6.07) is 18.2. The molecule has 0 saturated heterocycles. The highest BCUT2D eigenvalue weighted by Gasteiger charge is 2.06. The Hall–Kier alpha value is -2.43. The van der Waals surface area contributed by atoms with Gasteiger partial charge in [-0.1, -0.05) is 42.5 Å². The Morgan fingerprint density at radius 2 is 1.96 bits per heavy atom. The molecule has 2 N–H and O–H groups in total. The van der Waals surface area contributed by atoms with Crippen LogP contribution in [0.2, 0.25) is 0 Å². The first-order valence-electron chi connectivity index (χ1n) is 8.67. The van der Waals surface area contributed by atoms with Crippen molar-refractivity contribution in [2.24, 2.45) is 0 Å². The molecule has 0 aliphatic heterocycles. The number of hydrogen-bond donors (Lipinski definition) is 2. The van der Waals surface area contributed by atoms with Gasteiger partial charge in [-0.05, 0) is 43.1 Å². The second kappa shape index (κ2) is 8.60. The molecule has 0 fully saturated rings. The van der Waals surface area contributed by atoms with Gasteiger partial charge in [-0.15, -0.1) is 0 Å². The maximum Gasteiger partial charge on any atom is 0.145 e. The Bertz CT molecular complexity index is 814. The lowest BCUT2D eigenvalue weighted by Gasteiger charge is -2.15. The molecule has 0 saturated carbocycles. The molecule has 1 heterocycles. The third-order valence-electron chi connectivity index (χ3n) is 4.26. The van der Waals surface area contributed by atoms with Crippen LogP contribution in [0.1, 0.15) is 30.5 Å². The van der Waals surface area contributed by atoms with Gasteiger partial charge in [0.2, 0.25) is 0 Å². The molecule has 1 aromatic heterocycles. The van der Waals surface area contributed by atoms with E-state index in [9.17, 15) is 5.11 Å². The number of rotatable bonds is 8. The summed E-state index contributed by atoms with van der Waals surface area (Å²) >= 11 is 0. The molecular formula is C21H24N2O2. The lowest BCUT2D eigenvalue weighted by molar-refractivity contribution is 0.281. The van der Waals surface area contributed by atoms with E-state index in [2.05, 4.69) is 23.3 Å². The van der Waals surface area contributed by atoms with E-state index in [0.717, 1.165) is 35.2 Å². The first-order valence-corrected chi connectivity index (χ1v) is 8.67. The fourth-order valence-electron chi connectivity index (χ4n) is 2.84. The zero-order valence-corrected chi connectivity index (χ0v) is 14.5. The van der Waals surface area contributed by atoms with Gasteiger partial charge >= 0.3 is 0 Å². The third-order valence-corrected chi connectivity index (χ3v) is 4.26. The molecule has 4 nitrogen and oxygen atoms in total. The second-order valence-corrected chi connectivity index (χ2v) is 6.11. The molecule has 1 unspecified atom stereocenters. The summed E-state index contributed by atoms with van der Waals surface area (Å²) in [5.74, 6) is 0.835. The van der Waals surface area contributed by atoms with Crippen molar-refractivity contribution >= 4 is 10.9 Å². The van der Waals surface area contributed by atoms with Gasteiger partial charge in [0.25, 0.3) is 0 Å². The van der Waals surface area contributed by atoms with E-state index >= 15 is 0 Å². The number of fused-ring (bicyclic) bond motifs is 1. The van der Waals surface area contributed by atoms with Crippen molar-refractivity contribution in [3.05, 3.63) is 71.9 Å². The third kappa shape index (κ3) is 4.56. The summed E-state index contributed by atoms with van der Waals surface area (Å²) in [5, 5.41) is 13.8. The standard InChI is InChI=1S/C21H24N2O2/c1-16(19-8-2-6-17(14-19)15-24)22-12-5-13-25-20-10-3-7-18-9-4-11-23-21(18)20/h2-4,6-11,14,16,22,24H,5,12-13,15H2,1H3. The van der Waals surface area contributed by atoms with E-state index in [1.54, 1.807) is 6.20 Å². The Morgan fingerprint density at radius 1 is 1.12 bits per heavy atom. The zero-order chi connectivity index (χ0) is 17.5. The summed E-state index contributed by atoms with van der Waals surface area (Å²) in [5.41, 5.74) is 3.04. The molecule has 0 bridgehead atoms. The van der Waals surface area contributed by atoms with Gasteiger partial charge in [0.15, 0.2) is 0 Å². The molecule has 3 aromatic rings. The fourth-order valence-corrected chi connectivity index (χ4v) is 2.84. The number of benzene rings is 2. The van der Waals surface area contributed by atoms with Gasteiger partial charge in [0.1, 0.15) is 11.3 Å². The smallest absolute Gasteiger partial charge is 0.145 e. The normalized spacial score (nSPS) is 12.2. The molecule has 0 aliphatic carbocycles. The predicted octanol–water partition coefficient (Wildman–Crippen LogP) is 3.85. The minimum atomic E-state index is 0.0769. The first kappa shape index (κ1) is 17.4. The van der Waals surface area contributed by atoms with E-state index in [0.29, 0.717) is 6.61 Å². The van der Waals surface area contributed by atoms with E-state index in [1.807, 2.05) is 48.5 Å². The van der Waals surface area contributed by atoms with Crippen molar-refractivity contribution in [1.82, 2.24) is 10.3 Å². The molecular weight excluding hydrogens is 312 g/mol. The second-order valence-electron chi connectivity index (χ2n) is 6.11. The molecule has 0 aliphatic rings. The highest BCUT2D eigenvalue weighted by molar-refractivity contribution is 5.84. The highest BCUT2D eigenvalue weighted by atomic mass is 16.5. The van der Waals surface area contributed by atoms with Crippen LogP contribution in [0, 0.1) is 0 Å². The van der Waals surface area contributed by atoms with Crippen molar-refractivity contribution in [3.63, 3.8) is 0 Å². The first-order chi connectivity index (χ1) is 12.3. The van der Waals surface area contributed by atoms with Crippen LogP contribution in [0.25, 0.3) is 10.9 Å². The molecule has 1 atom stereocenters. The van der Waals surface area contributed by atoms with Crippen molar-refractivity contribution in [2.75, 3.05) is 13.2 Å². The van der Waals surface area contributed by atoms with Crippen LogP contribution in [0.15, 0.2) is 60.8 Å². The van der Waals surface area contributed by atoms with E-state index in [-0.39, 0.29) is 12.6 Å². The number of nitrogens with zero attached hydrogens (tertiary/aromatic N) is 1. The maximum absolute atomic E-state index is 9.23. The number of para-hydroxylation sites is 1. The number of aromatic nitrogens is 1. The lowest BCUT2D eigenvalue weighted by atomic mass is 10.1. The number of aliphatic hydroxyl groups excluding tert-OH is 1. The van der Waals surface area contributed by atoms with Crippen molar-refractivity contribution in [3.8, 4) is 5.75 Å². The van der Waals surface area contributed by atoms with Crippen LogP contribution in [0.3, 0.4) is 0 Å². The minimum absolute atomic E-state index is 0.0769. The lowest BCUT2D eigenvalue weighted by Crippen LogP contribution is -2.21. The molecule has 0 spiro atoms. The maximum atomic E-state index is 9.23. The predicted molar refractivity (Wildman–Crippen MR) is 101 cm³/mol. The van der Waals surface area contributed by atoms with E-state index in [4.69, 9.17) is 4.74 Å². The molecule has 0 radical (unpaired) electrons. The monoisotopic (exact) mass is 336 g/mol. The molecule has 2 aromatic carbocycles. The number of nitrogens with one attached hydrogen (secondary N) is 1. The zero-order valence-electron chi connectivity index (χ0n) is 14.5. The number of aliphatic hydroxyl groups is 1. The topological polar surface area (TPSA) is 54.4 Å². The quantitative estimate of drug-likeness (QED) is 0.614. The van der Waals surface area contributed by atoms with Crippen LogP contribution < -0.4 is 10.1 Å². The van der Waals surface area contributed by atoms with Crippen LogP contribution >= 0.6 is 0 Å². The summed E-state index contributed by atoms with van der Waals surface area (Å²) in [7, 11) is 0. The van der Waals surface area contributed by atoms with Crippen LogP contribution in [-0.2, 0) is 6.61 Å². The van der Waals surface area contributed by atoms with Crippen molar-refractivity contribution in [2.45, 2.75) is 26.0 Å². The Kier molecular flexibility index (Phi) is 5.99. The Morgan fingerprint density at radius 3 is 2.84 bits per heavy atom. The van der Waals surface area contributed by atoms with Gasteiger partial charge in [0, 0.05) is 17.6 Å². The summed E-state index contributed by atoms with van der Waals surface area (Å²) < 4.78 is 5.91. The minimum Gasteiger partial charge on any atom is -0.491 e. The summed E-state index contributed by atoms with van der Waals surface area (Å²) in [6.07, 6.45) is 2.70. The average molecular weight is 336 g/mol. The number of hydrogen-bond acceptors (Lipinski definition) is 4. The molecule has 0 amide bonds. The summed E-state index contributed by atoms with van der Waals surface area (Å²) in [6.45, 7) is 3.72. The van der Waals surface area contributed by atoms with Crippen LogP contribution in [0.5, 0.6) is 5.75 Å². The van der Waals surface area contributed by atoms with Gasteiger partial charge in [-0.3, -0.25) is 4.98 Å². The molecule has 130 valence electrons. The number of pyridine rings is 1. The van der Waals surface area contributed by atoms with Gasteiger partial charge in [-0.25, -0.2) is 0 Å². The molecule has 3 rings (SSSR count). The van der Waals surface area contributed by atoms with E-state index in [1.165, 1.54) is 5.56 Å². The largest absolute Gasteiger partial charge is 0.491 e. The highest BCUT2D eigenvalue weighted by Crippen LogP contribution is 2.23. The van der Waals surface area contributed by atoms with Gasteiger partial charge < -0.3 is 15.2 Å². The van der Waals surface area contributed by atoms with Crippen molar-refractivity contribution in [1.29, 1.82) is 0 Å². The fraction of sp³-hybridized carbons (Fsp3) is 0.286.